The van der Waals surface area contributed by atoms with Gasteiger partial charge in [0.15, 0.2) is 0 Å². The van der Waals surface area contributed by atoms with Crippen molar-refractivity contribution in [2.45, 2.75) is 0 Å². The van der Waals surface area contributed by atoms with Gasteiger partial charge >= 0.3 is 0 Å². The van der Waals surface area contributed by atoms with Crippen molar-refractivity contribution in [3.63, 3.8) is 0 Å². The molecule has 0 spiro atoms. The summed E-state index contributed by atoms with van der Waals surface area (Å²) in [5, 5.41) is 0. The van der Waals surface area contributed by atoms with Crippen LogP contribution < -0.4 is 4.74 Å². The molecule has 1 aliphatic rings. The third-order valence-corrected chi connectivity index (χ3v) is 4.15. The highest BCUT2D eigenvalue weighted by Crippen LogP contribution is 2.14. The summed E-state index contributed by atoms with van der Waals surface area (Å²) in [5.41, 5.74) is 0.623. The standard InChI is InChI=1S/C19H20N2O4/c1-24-16-6-4-15(5-7-16)19(23)21-12-10-20(11-13-21)18(22)9-8-17-3-2-14-25-17/h2-9,14H,10-13H2,1H3. The van der Waals surface area contributed by atoms with E-state index in [-0.39, 0.29) is 11.8 Å². The number of ether oxygens (including phenoxy) is 1. The number of methoxy groups -OCH3 is 1. The van der Waals surface area contributed by atoms with Crippen LogP contribution in [0, 0.1) is 0 Å². The minimum atomic E-state index is -0.0760. The number of carbonyl (C=O) groups excluding carboxylic acids is 2. The Morgan fingerprint density at radius 2 is 1.72 bits per heavy atom. The summed E-state index contributed by atoms with van der Waals surface area (Å²) in [6.07, 6.45) is 4.71. The van der Waals surface area contributed by atoms with Crippen LogP contribution in [0.4, 0.5) is 0 Å². The first kappa shape index (κ1) is 16.8. The maximum Gasteiger partial charge on any atom is 0.253 e. The molecule has 0 N–H and O–H groups in total. The van der Waals surface area contributed by atoms with Crippen molar-refractivity contribution in [2.75, 3.05) is 33.3 Å². The molecule has 1 fully saturated rings. The van der Waals surface area contributed by atoms with Crippen molar-refractivity contribution >= 4 is 17.9 Å². The summed E-state index contributed by atoms with van der Waals surface area (Å²) >= 11 is 0. The summed E-state index contributed by atoms with van der Waals surface area (Å²) in [4.78, 5) is 28.2. The lowest BCUT2D eigenvalue weighted by Crippen LogP contribution is -2.50. The molecular formula is C19H20N2O4. The van der Waals surface area contributed by atoms with Crippen LogP contribution in [0.2, 0.25) is 0 Å². The Morgan fingerprint density at radius 3 is 2.32 bits per heavy atom. The molecule has 2 heterocycles. The summed E-state index contributed by atoms with van der Waals surface area (Å²) < 4.78 is 10.3. The minimum Gasteiger partial charge on any atom is -0.497 e. The second-order valence-electron chi connectivity index (χ2n) is 5.69. The van der Waals surface area contributed by atoms with E-state index in [4.69, 9.17) is 9.15 Å². The van der Waals surface area contributed by atoms with Gasteiger partial charge in [-0.15, -0.1) is 0 Å². The molecule has 25 heavy (non-hydrogen) atoms. The second kappa shape index (κ2) is 7.70. The number of rotatable bonds is 4. The van der Waals surface area contributed by atoms with Crippen LogP contribution in [-0.2, 0) is 4.79 Å². The summed E-state index contributed by atoms with van der Waals surface area (Å²) in [6.45, 7) is 2.07. The molecule has 0 aliphatic carbocycles. The third-order valence-electron chi connectivity index (χ3n) is 4.15. The van der Waals surface area contributed by atoms with Gasteiger partial charge in [-0.1, -0.05) is 0 Å². The fraction of sp³-hybridized carbons (Fsp3) is 0.263. The first-order chi connectivity index (χ1) is 12.2. The quantitative estimate of drug-likeness (QED) is 0.801. The molecule has 3 rings (SSSR count). The van der Waals surface area contributed by atoms with Crippen molar-refractivity contribution in [3.8, 4) is 5.75 Å². The second-order valence-corrected chi connectivity index (χ2v) is 5.69. The summed E-state index contributed by atoms with van der Waals surface area (Å²) in [6, 6.07) is 10.6. The van der Waals surface area contributed by atoms with E-state index in [1.165, 1.54) is 6.08 Å². The van der Waals surface area contributed by atoms with Gasteiger partial charge in [-0.05, 0) is 42.5 Å². The molecule has 0 radical (unpaired) electrons. The fourth-order valence-electron chi connectivity index (χ4n) is 2.69. The third kappa shape index (κ3) is 4.09. The Kier molecular flexibility index (Phi) is 5.18. The molecule has 1 aliphatic heterocycles. The van der Waals surface area contributed by atoms with Crippen LogP contribution in [0.25, 0.3) is 6.08 Å². The molecule has 6 nitrogen and oxygen atoms in total. The molecule has 1 saturated heterocycles. The number of furan rings is 1. The molecule has 0 unspecified atom stereocenters. The predicted molar refractivity (Wildman–Crippen MR) is 93.2 cm³/mol. The zero-order valence-electron chi connectivity index (χ0n) is 14.1. The number of benzene rings is 1. The van der Waals surface area contributed by atoms with E-state index < -0.39 is 0 Å². The molecular weight excluding hydrogens is 320 g/mol. The Labute approximate surface area is 146 Å². The Bertz CT molecular complexity index is 742. The van der Waals surface area contributed by atoms with Crippen molar-refractivity contribution in [1.29, 1.82) is 0 Å². The van der Waals surface area contributed by atoms with Crippen LogP contribution in [0.15, 0.2) is 53.2 Å². The lowest BCUT2D eigenvalue weighted by Gasteiger charge is -2.34. The lowest BCUT2D eigenvalue weighted by atomic mass is 10.1. The van der Waals surface area contributed by atoms with Crippen molar-refractivity contribution < 1.29 is 18.7 Å². The number of carbonyl (C=O) groups is 2. The zero-order valence-corrected chi connectivity index (χ0v) is 14.1. The number of hydrogen-bond acceptors (Lipinski definition) is 4. The highest BCUT2D eigenvalue weighted by molar-refractivity contribution is 5.95. The van der Waals surface area contributed by atoms with Gasteiger partial charge in [-0.25, -0.2) is 0 Å². The normalized spacial score (nSPS) is 14.8. The van der Waals surface area contributed by atoms with E-state index in [1.54, 1.807) is 65.6 Å². The molecule has 130 valence electrons. The molecule has 0 bridgehead atoms. The van der Waals surface area contributed by atoms with Crippen LogP contribution >= 0.6 is 0 Å². The molecule has 2 aromatic rings. The van der Waals surface area contributed by atoms with Gasteiger partial charge in [0.05, 0.1) is 13.4 Å². The number of hydrogen-bond donors (Lipinski definition) is 0. The Morgan fingerprint density at radius 1 is 1.04 bits per heavy atom. The van der Waals surface area contributed by atoms with Gasteiger partial charge in [0.25, 0.3) is 5.91 Å². The highest BCUT2D eigenvalue weighted by atomic mass is 16.5. The molecule has 6 heteroatoms. The van der Waals surface area contributed by atoms with Crippen LogP contribution in [0.1, 0.15) is 16.1 Å². The van der Waals surface area contributed by atoms with Gasteiger partial charge in [0, 0.05) is 37.8 Å². The van der Waals surface area contributed by atoms with E-state index >= 15 is 0 Å². The molecule has 2 amide bonds. The van der Waals surface area contributed by atoms with Crippen LogP contribution in [0.5, 0.6) is 5.75 Å². The highest BCUT2D eigenvalue weighted by Gasteiger charge is 2.23. The van der Waals surface area contributed by atoms with E-state index in [2.05, 4.69) is 0 Å². The van der Waals surface area contributed by atoms with E-state index in [0.717, 1.165) is 5.75 Å². The SMILES string of the molecule is COc1ccc(C(=O)N2CCN(C(=O)C=Cc3ccco3)CC2)cc1. The predicted octanol–water partition coefficient (Wildman–Crippen LogP) is 2.29. The van der Waals surface area contributed by atoms with E-state index in [0.29, 0.717) is 37.5 Å². The Hall–Kier alpha value is -3.02. The molecule has 0 saturated carbocycles. The summed E-state index contributed by atoms with van der Waals surface area (Å²) in [7, 11) is 1.59. The Balaban J connectivity index is 1.54. The topological polar surface area (TPSA) is 63.0 Å². The molecule has 0 atom stereocenters. The largest absolute Gasteiger partial charge is 0.497 e. The number of amides is 2. The van der Waals surface area contributed by atoms with Gasteiger partial charge < -0.3 is 19.0 Å². The number of nitrogens with zero attached hydrogens (tertiary/aromatic N) is 2. The van der Waals surface area contributed by atoms with Gasteiger partial charge in [0.2, 0.25) is 5.91 Å². The minimum absolute atomic E-state index is 0.0270. The maximum atomic E-state index is 12.5. The van der Waals surface area contributed by atoms with Gasteiger partial charge in [-0.3, -0.25) is 9.59 Å². The monoisotopic (exact) mass is 340 g/mol. The summed E-state index contributed by atoms with van der Waals surface area (Å²) in [5.74, 6) is 1.26. The smallest absolute Gasteiger partial charge is 0.253 e. The van der Waals surface area contributed by atoms with Crippen molar-refractivity contribution in [1.82, 2.24) is 9.80 Å². The van der Waals surface area contributed by atoms with Crippen molar-refractivity contribution in [3.05, 3.63) is 60.1 Å². The van der Waals surface area contributed by atoms with Crippen LogP contribution in [0.3, 0.4) is 0 Å². The van der Waals surface area contributed by atoms with Gasteiger partial charge in [-0.2, -0.15) is 0 Å². The maximum absolute atomic E-state index is 12.5. The molecule has 1 aromatic carbocycles. The molecule has 1 aromatic heterocycles. The average Bonchev–Trinajstić information content (AvgIpc) is 3.19. The first-order valence-electron chi connectivity index (χ1n) is 8.11. The van der Waals surface area contributed by atoms with Gasteiger partial charge in [0.1, 0.15) is 11.5 Å². The van der Waals surface area contributed by atoms with Crippen LogP contribution in [-0.4, -0.2) is 54.9 Å². The number of piperazine rings is 1. The average molecular weight is 340 g/mol. The fourth-order valence-corrected chi connectivity index (χ4v) is 2.69. The zero-order chi connectivity index (χ0) is 17.6. The lowest BCUT2D eigenvalue weighted by molar-refractivity contribution is -0.127. The first-order valence-corrected chi connectivity index (χ1v) is 8.11. The van der Waals surface area contributed by atoms with E-state index in [9.17, 15) is 9.59 Å². The van der Waals surface area contributed by atoms with Crippen molar-refractivity contribution in [2.24, 2.45) is 0 Å². The van der Waals surface area contributed by atoms with E-state index in [1.807, 2.05) is 0 Å².